The Bertz CT molecular complexity index is 778. The first-order valence-corrected chi connectivity index (χ1v) is 8.05. The summed E-state index contributed by atoms with van der Waals surface area (Å²) in [5, 5.41) is 0. The van der Waals surface area contributed by atoms with E-state index in [4.69, 9.17) is 4.74 Å². The molecule has 138 valence electrons. The van der Waals surface area contributed by atoms with Crippen LogP contribution >= 0.6 is 0 Å². The van der Waals surface area contributed by atoms with Crippen LogP contribution in [0.15, 0.2) is 42.5 Å². The minimum Gasteiger partial charge on any atom is -0.466 e. The van der Waals surface area contributed by atoms with E-state index in [-0.39, 0.29) is 31.7 Å². The van der Waals surface area contributed by atoms with E-state index in [1.165, 1.54) is 35.2 Å². The number of carbonyl (C=O) groups excluding carboxylic acids is 2. The van der Waals surface area contributed by atoms with Gasteiger partial charge < -0.3 is 9.64 Å². The second-order valence-corrected chi connectivity index (χ2v) is 5.54. The van der Waals surface area contributed by atoms with E-state index in [1.54, 1.807) is 6.92 Å². The smallest absolute Gasteiger partial charge is 0.307 e. The molecule has 2 rings (SSSR count). The fourth-order valence-corrected chi connectivity index (χ4v) is 2.33. The zero-order valence-electron chi connectivity index (χ0n) is 14.2. The Morgan fingerprint density at radius 3 is 2.31 bits per heavy atom. The minimum atomic E-state index is -1.14. The van der Waals surface area contributed by atoms with Gasteiger partial charge in [0.15, 0.2) is 11.6 Å². The summed E-state index contributed by atoms with van der Waals surface area (Å²) in [6.45, 7) is 1.99. The highest BCUT2D eigenvalue weighted by Gasteiger charge is 2.19. The summed E-state index contributed by atoms with van der Waals surface area (Å²) in [5.41, 5.74) is 0.584. The molecule has 2 aromatic carbocycles. The van der Waals surface area contributed by atoms with Gasteiger partial charge in [0, 0.05) is 18.7 Å². The lowest BCUT2D eigenvalue weighted by Gasteiger charge is -2.23. The second kappa shape index (κ2) is 9.03. The SMILES string of the molecule is CCOC(=O)CCN(Cc1ccc(F)cc1)C(=O)c1ccc(F)c(F)c1. The van der Waals surface area contributed by atoms with Gasteiger partial charge >= 0.3 is 5.97 Å². The van der Waals surface area contributed by atoms with Gasteiger partial charge in [0.2, 0.25) is 0 Å². The lowest BCUT2D eigenvalue weighted by Crippen LogP contribution is -2.33. The van der Waals surface area contributed by atoms with Crippen molar-refractivity contribution in [2.75, 3.05) is 13.2 Å². The van der Waals surface area contributed by atoms with E-state index in [2.05, 4.69) is 0 Å². The van der Waals surface area contributed by atoms with Crippen molar-refractivity contribution in [1.82, 2.24) is 4.90 Å². The van der Waals surface area contributed by atoms with Crippen molar-refractivity contribution in [3.8, 4) is 0 Å². The van der Waals surface area contributed by atoms with Crippen molar-refractivity contribution in [3.05, 3.63) is 71.0 Å². The minimum absolute atomic E-state index is 0.0219. The van der Waals surface area contributed by atoms with Gasteiger partial charge in [0.05, 0.1) is 13.0 Å². The monoisotopic (exact) mass is 365 g/mol. The Hall–Kier alpha value is -2.83. The number of esters is 1. The third-order valence-corrected chi connectivity index (χ3v) is 3.63. The number of benzene rings is 2. The first kappa shape index (κ1) is 19.5. The average Bonchev–Trinajstić information content (AvgIpc) is 2.62. The van der Waals surface area contributed by atoms with Gasteiger partial charge in [-0.25, -0.2) is 13.2 Å². The maximum atomic E-state index is 13.4. The molecule has 0 radical (unpaired) electrons. The topological polar surface area (TPSA) is 46.6 Å². The molecule has 0 fully saturated rings. The number of halogens is 3. The average molecular weight is 365 g/mol. The third-order valence-electron chi connectivity index (χ3n) is 3.63. The van der Waals surface area contributed by atoms with Crippen LogP contribution in [0.5, 0.6) is 0 Å². The number of ether oxygens (including phenoxy) is 1. The van der Waals surface area contributed by atoms with Gasteiger partial charge in [-0.05, 0) is 42.8 Å². The van der Waals surface area contributed by atoms with Gasteiger partial charge in [-0.2, -0.15) is 0 Å². The van der Waals surface area contributed by atoms with Crippen LogP contribution < -0.4 is 0 Å². The van der Waals surface area contributed by atoms with Crippen LogP contribution in [0.1, 0.15) is 29.3 Å². The molecule has 0 saturated heterocycles. The van der Waals surface area contributed by atoms with Crippen LogP contribution in [-0.2, 0) is 16.1 Å². The summed E-state index contributed by atoms with van der Waals surface area (Å²) in [6.07, 6.45) is -0.0511. The molecule has 0 bridgehead atoms. The van der Waals surface area contributed by atoms with Crippen LogP contribution in [0.3, 0.4) is 0 Å². The molecule has 0 unspecified atom stereocenters. The van der Waals surface area contributed by atoms with E-state index >= 15 is 0 Å². The number of nitrogens with zero attached hydrogens (tertiary/aromatic N) is 1. The second-order valence-electron chi connectivity index (χ2n) is 5.54. The van der Waals surface area contributed by atoms with Crippen LogP contribution in [0.25, 0.3) is 0 Å². The number of carbonyl (C=O) groups is 2. The molecule has 7 heteroatoms. The molecule has 0 spiro atoms. The number of rotatable bonds is 7. The van der Waals surface area contributed by atoms with Gasteiger partial charge in [-0.15, -0.1) is 0 Å². The molecule has 2 aromatic rings. The normalized spacial score (nSPS) is 10.5. The Morgan fingerprint density at radius 1 is 1.00 bits per heavy atom. The molecule has 0 saturated carbocycles. The fourth-order valence-electron chi connectivity index (χ4n) is 2.33. The Kier molecular flexibility index (Phi) is 6.77. The first-order chi connectivity index (χ1) is 12.4. The lowest BCUT2D eigenvalue weighted by atomic mass is 10.1. The highest BCUT2D eigenvalue weighted by Crippen LogP contribution is 2.15. The maximum Gasteiger partial charge on any atom is 0.307 e. The van der Waals surface area contributed by atoms with Crippen molar-refractivity contribution in [1.29, 1.82) is 0 Å². The molecule has 0 aliphatic carbocycles. The van der Waals surface area contributed by atoms with E-state index in [9.17, 15) is 22.8 Å². The highest BCUT2D eigenvalue weighted by atomic mass is 19.2. The van der Waals surface area contributed by atoms with Gasteiger partial charge in [0.25, 0.3) is 5.91 Å². The summed E-state index contributed by atoms with van der Waals surface area (Å²) in [4.78, 5) is 25.5. The quantitative estimate of drug-likeness (QED) is 0.703. The van der Waals surface area contributed by atoms with Crippen LogP contribution in [-0.4, -0.2) is 29.9 Å². The van der Waals surface area contributed by atoms with Crippen molar-refractivity contribution in [2.24, 2.45) is 0 Å². The van der Waals surface area contributed by atoms with E-state index < -0.39 is 29.3 Å². The number of hydrogen-bond donors (Lipinski definition) is 0. The molecule has 1 amide bonds. The Balaban J connectivity index is 2.19. The van der Waals surface area contributed by atoms with Crippen molar-refractivity contribution in [3.63, 3.8) is 0 Å². The molecule has 0 N–H and O–H groups in total. The summed E-state index contributed by atoms with van der Waals surface area (Å²) < 4.78 is 44.4. The summed E-state index contributed by atoms with van der Waals surface area (Å²) >= 11 is 0. The molecular formula is C19H18F3NO3. The highest BCUT2D eigenvalue weighted by molar-refractivity contribution is 5.94. The lowest BCUT2D eigenvalue weighted by molar-refractivity contribution is -0.143. The van der Waals surface area contributed by atoms with Crippen molar-refractivity contribution in [2.45, 2.75) is 19.9 Å². The molecule has 0 heterocycles. The van der Waals surface area contributed by atoms with Crippen molar-refractivity contribution < 1.29 is 27.5 Å². The Labute approximate surface area is 149 Å². The van der Waals surface area contributed by atoms with Crippen LogP contribution in [0.2, 0.25) is 0 Å². The molecule has 0 atom stereocenters. The number of hydrogen-bond acceptors (Lipinski definition) is 3. The van der Waals surface area contributed by atoms with Crippen molar-refractivity contribution >= 4 is 11.9 Å². The molecule has 4 nitrogen and oxygen atoms in total. The first-order valence-electron chi connectivity index (χ1n) is 8.05. The largest absolute Gasteiger partial charge is 0.466 e. The molecule has 0 aromatic heterocycles. The van der Waals surface area contributed by atoms with Gasteiger partial charge in [0.1, 0.15) is 5.82 Å². The van der Waals surface area contributed by atoms with Crippen LogP contribution in [0, 0.1) is 17.5 Å². The van der Waals surface area contributed by atoms with Gasteiger partial charge in [-0.1, -0.05) is 12.1 Å². The Morgan fingerprint density at radius 2 is 1.69 bits per heavy atom. The zero-order chi connectivity index (χ0) is 19.1. The van der Waals surface area contributed by atoms with Crippen LogP contribution in [0.4, 0.5) is 13.2 Å². The van der Waals surface area contributed by atoms with E-state index in [0.29, 0.717) is 5.56 Å². The summed E-state index contributed by atoms with van der Waals surface area (Å²) in [5.74, 6) is -3.66. The zero-order valence-corrected chi connectivity index (χ0v) is 14.2. The molecule has 0 aliphatic rings. The molecular weight excluding hydrogens is 347 g/mol. The van der Waals surface area contributed by atoms with E-state index in [0.717, 1.165) is 12.1 Å². The summed E-state index contributed by atoms with van der Waals surface area (Å²) in [7, 11) is 0. The van der Waals surface area contributed by atoms with E-state index in [1.807, 2.05) is 0 Å². The predicted octanol–water partition coefficient (Wildman–Crippen LogP) is 3.70. The molecule has 26 heavy (non-hydrogen) atoms. The number of amides is 1. The fraction of sp³-hybridized carbons (Fsp3) is 0.263. The predicted molar refractivity (Wildman–Crippen MR) is 88.7 cm³/mol. The maximum absolute atomic E-state index is 13.4. The standard InChI is InChI=1S/C19H18F3NO3/c1-2-26-18(24)9-10-23(12-13-3-6-15(20)7-4-13)19(25)14-5-8-16(21)17(22)11-14/h3-8,11H,2,9-10,12H2,1H3. The third kappa shape index (κ3) is 5.34. The van der Waals surface area contributed by atoms with Gasteiger partial charge in [-0.3, -0.25) is 9.59 Å². The summed E-state index contributed by atoms with van der Waals surface area (Å²) in [6, 6.07) is 8.35. The molecule has 0 aliphatic heterocycles.